The van der Waals surface area contributed by atoms with E-state index in [2.05, 4.69) is 18.9 Å². The van der Waals surface area contributed by atoms with Crippen LogP contribution >= 0.6 is 0 Å². The Labute approximate surface area is 105 Å². The number of nitrogens with one attached hydrogen (secondary N) is 1. The molecule has 0 saturated heterocycles. The Bertz CT molecular complexity index is 237. The summed E-state index contributed by atoms with van der Waals surface area (Å²) in [6, 6.07) is 0.711. The molecule has 1 rings (SSSR count). The summed E-state index contributed by atoms with van der Waals surface area (Å²) in [6.07, 6.45) is 5.05. The van der Waals surface area contributed by atoms with Crippen molar-refractivity contribution in [2.24, 2.45) is 11.7 Å². The number of nitrogens with zero attached hydrogens (tertiary/aromatic N) is 1. The molecule has 0 bridgehead atoms. The fourth-order valence-corrected chi connectivity index (χ4v) is 2.33. The topological polar surface area (TPSA) is 62.3 Å². The van der Waals surface area contributed by atoms with E-state index >= 15 is 0 Å². The van der Waals surface area contributed by atoms with E-state index in [0.717, 1.165) is 12.5 Å². The van der Waals surface area contributed by atoms with Crippen molar-refractivity contribution < 1.29 is 4.74 Å². The number of ether oxygens (including phenoxy) is 1. The van der Waals surface area contributed by atoms with Crippen LogP contribution in [0.3, 0.4) is 0 Å². The molecule has 0 aromatic heterocycles. The van der Waals surface area contributed by atoms with Crippen molar-refractivity contribution in [2.45, 2.75) is 51.7 Å². The molecule has 0 spiro atoms. The summed E-state index contributed by atoms with van der Waals surface area (Å²) in [5.74, 6) is 1.01. The Balaban J connectivity index is 2.16. The van der Waals surface area contributed by atoms with Gasteiger partial charge >= 0.3 is 0 Å². The molecule has 0 heterocycles. The molecule has 1 aliphatic rings. The Kier molecular flexibility index (Phi) is 5.92. The highest BCUT2D eigenvalue weighted by Crippen LogP contribution is 2.26. The van der Waals surface area contributed by atoms with Gasteiger partial charge in [-0.1, -0.05) is 6.92 Å². The molecule has 17 heavy (non-hydrogen) atoms. The molecule has 0 aromatic rings. The Morgan fingerprint density at radius 3 is 2.53 bits per heavy atom. The van der Waals surface area contributed by atoms with Crippen LogP contribution < -0.4 is 5.73 Å². The van der Waals surface area contributed by atoms with Crippen molar-refractivity contribution >= 4 is 5.84 Å². The van der Waals surface area contributed by atoms with Gasteiger partial charge in [-0.3, -0.25) is 5.41 Å². The summed E-state index contributed by atoms with van der Waals surface area (Å²) >= 11 is 0. The lowest BCUT2D eigenvalue weighted by Crippen LogP contribution is -2.38. The maximum atomic E-state index is 7.24. The lowest BCUT2D eigenvalue weighted by Gasteiger charge is -2.33. The van der Waals surface area contributed by atoms with E-state index in [1.54, 1.807) is 0 Å². The average molecular weight is 241 g/mol. The van der Waals surface area contributed by atoms with E-state index in [9.17, 15) is 0 Å². The van der Waals surface area contributed by atoms with Crippen molar-refractivity contribution in [3.8, 4) is 0 Å². The summed E-state index contributed by atoms with van der Waals surface area (Å²) in [6.45, 7) is 5.75. The number of hydrogen-bond donors (Lipinski definition) is 2. The van der Waals surface area contributed by atoms with Crippen LogP contribution in [0.2, 0.25) is 0 Å². The average Bonchev–Trinajstić information content (AvgIpc) is 2.29. The highest BCUT2D eigenvalue weighted by molar-refractivity contribution is 5.81. The van der Waals surface area contributed by atoms with E-state index in [0.29, 0.717) is 12.6 Å². The summed E-state index contributed by atoms with van der Waals surface area (Å²) < 4.78 is 5.49. The maximum Gasteiger partial charge on any atom is 0.120 e. The predicted molar refractivity (Wildman–Crippen MR) is 71.4 cm³/mol. The zero-order chi connectivity index (χ0) is 12.8. The summed E-state index contributed by atoms with van der Waals surface area (Å²) in [7, 11) is 2.17. The minimum atomic E-state index is -0.255. The van der Waals surface area contributed by atoms with Crippen molar-refractivity contribution in [1.29, 1.82) is 5.41 Å². The molecule has 1 fully saturated rings. The van der Waals surface area contributed by atoms with Crippen molar-refractivity contribution in [1.82, 2.24) is 4.90 Å². The van der Waals surface area contributed by atoms with Crippen LogP contribution in [-0.4, -0.2) is 43.1 Å². The minimum absolute atomic E-state index is 0.110. The van der Waals surface area contributed by atoms with E-state index in [4.69, 9.17) is 15.9 Å². The molecule has 0 aliphatic heterocycles. The fraction of sp³-hybridized carbons (Fsp3) is 0.923. The maximum absolute atomic E-state index is 7.24. The van der Waals surface area contributed by atoms with Gasteiger partial charge in [0.05, 0.1) is 6.61 Å². The Morgan fingerprint density at radius 2 is 2.00 bits per heavy atom. The van der Waals surface area contributed by atoms with Crippen LogP contribution in [-0.2, 0) is 4.74 Å². The first-order chi connectivity index (χ1) is 8.00. The SMILES string of the molecule is CC1CCC(N(C)CCOC(C)C(=N)N)CC1. The van der Waals surface area contributed by atoms with Gasteiger partial charge in [-0.25, -0.2) is 0 Å². The molecule has 4 nitrogen and oxygen atoms in total. The summed E-state index contributed by atoms with van der Waals surface area (Å²) in [5, 5.41) is 7.24. The zero-order valence-electron chi connectivity index (χ0n) is 11.4. The number of rotatable bonds is 6. The quantitative estimate of drug-likeness (QED) is 0.551. The molecule has 3 N–H and O–H groups in total. The van der Waals surface area contributed by atoms with Gasteiger partial charge in [0, 0.05) is 12.6 Å². The predicted octanol–water partition coefficient (Wildman–Crippen LogP) is 1.84. The second kappa shape index (κ2) is 6.97. The van der Waals surface area contributed by atoms with E-state index in [-0.39, 0.29) is 11.9 Å². The number of likely N-dealkylation sites (N-methyl/N-ethyl adjacent to an activating group) is 1. The molecular weight excluding hydrogens is 214 g/mol. The number of hydrogen-bond acceptors (Lipinski definition) is 3. The van der Waals surface area contributed by atoms with Gasteiger partial charge in [0.2, 0.25) is 0 Å². The van der Waals surface area contributed by atoms with E-state index in [1.807, 2.05) is 6.92 Å². The number of amidine groups is 1. The van der Waals surface area contributed by atoms with E-state index in [1.165, 1.54) is 25.7 Å². The monoisotopic (exact) mass is 241 g/mol. The van der Waals surface area contributed by atoms with Crippen molar-refractivity contribution in [3.63, 3.8) is 0 Å². The second-order valence-electron chi connectivity index (χ2n) is 5.36. The number of nitrogens with two attached hydrogens (primary N) is 1. The minimum Gasteiger partial charge on any atom is -0.385 e. The summed E-state index contributed by atoms with van der Waals surface area (Å²) in [4.78, 5) is 2.39. The smallest absolute Gasteiger partial charge is 0.120 e. The first-order valence-electron chi connectivity index (χ1n) is 6.66. The third-order valence-corrected chi connectivity index (χ3v) is 3.86. The lowest BCUT2D eigenvalue weighted by molar-refractivity contribution is 0.0697. The molecule has 1 aliphatic carbocycles. The highest BCUT2D eigenvalue weighted by Gasteiger charge is 2.21. The Morgan fingerprint density at radius 1 is 1.41 bits per heavy atom. The van der Waals surface area contributed by atoms with Gasteiger partial charge in [0.1, 0.15) is 11.9 Å². The molecule has 100 valence electrons. The van der Waals surface area contributed by atoms with Crippen LogP contribution in [0.25, 0.3) is 0 Å². The largest absolute Gasteiger partial charge is 0.385 e. The standard InChI is InChI=1S/C13H27N3O/c1-10-4-6-12(7-5-10)16(3)8-9-17-11(2)13(14)15/h10-12H,4-9H2,1-3H3,(H3,14,15). The second-order valence-corrected chi connectivity index (χ2v) is 5.36. The van der Waals surface area contributed by atoms with Crippen molar-refractivity contribution in [3.05, 3.63) is 0 Å². The van der Waals surface area contributed by atoms with Gasteiger partial charge < -0.3 is 15.4 Å². The van der Waals surface area contributed by atoms with Crippen LogP contribution in [0, 0.1) is 11.3 Å². The van der Waals surface area contributed by atoms with Crippen LogP contribution in [0.5, 0.6) is 0 Å². The lowest BCUT2D eigenvalue weighted by atomic mass is 9.87. The molecule has 1 saturated carbocycles. The third kappa shape index (κ3) is 5.04. The van der Waals surface area contributed by atoms with Crippen LogP contribution in [0.4, 0.5) is 0 Å². The molecule has 1 atom stereocenters. The molecule has 0 aromatic carbocycles. The first-order valence-corrected chi connectivity index (χ1v) is 6.66. The van der Waals surface area contributed by atoms with E-state index < -0.39 is 0 Å². The molecule has 0 radical (unpaired) electrons. The third-order valence-electron chi connectivity index (χ3n) is 3.86. The molecular formula is C13H27N3O. The van der Waals surface area contributed by atoms with Gasteiger partial charge in [-0.05, 0) is 45.6 Å². The zero-order valence-corrected chi connectivity index (χ0v) is 11.4. The molecule has 4 heteroatoms. The molecule has 0 amide bonds. The van der Waals surface area contributed by atoms with Gasteiger partial charge in [0.15, 0.2) is 0 Å². The first kappa shape index (κ1) is 14.5. The summed E-state index contributed by atoms with van der Waals surface area (Å²) in [5.41, 5.74) is 5.36. The van der Waals surface area contributed by atoms with Gasteiger partial charge in [0.25, 0.3) is 0 Å². The normalized spacial score (nSPS) is 27.1. The van der Waals surface area contributed by atoms with Crippen LogP contribution in [0.1, 0.15) is 39.5 Å². The Hall–Kier alpha value is -0.610. The highest BCUT2D eigenvalue weighted by atomic mass is 16.5. The fourth-order valence-electron chi connectivity index (χ4n) is 2.33. The van der Waals surface area contributed by atoms with Crippen LogP contribution in [0.15, 0.2) is 0 Å². The van der Waals surface area contributed by atoms with Crippen molar-refractivity contribution in [2.75, 3.05) is 20.2 Å². The van der Waals surface area contributed by atoms with Gasteiger partial charge in [-0.2, -0.15) is 0 Å². The van der Waals surface area contributed by atoms with Gasteiger partial charge in [-0.15, -0.1) is 0 Å². The molecule has 1 unspecified atom stereocenters.